The van der Waals surface area contributed by atoms with Crippen molar-refractivity contribution in [3.63, 3.8) is 0 Å². The van der Waals surface area contributed by atoms with Crippen LogP contribution in [0.2, 0.25) is 0 Å². The third kappa shape index (κ3) is 6.42. The van der Waals surface area contributed by atoms with Crippen molar-refractivity contribution in [1.82, 2.24) is 4.90 Å². The van der Waals surface area contributed by atoms with Crippen LogP contribution in [0.5, 0.6) is 0 Å². The van der Waals surface area contributed by atoms with E-state index in [0.29, 0.717) is 6.54 Å². The van der Waals surface area contributed by atoms with E-state index < -0.39 is 12.4 Å². The molecular weight excluding hydrogens is 186 g/mol. The molecule has 1 amide bonds. The van der Waals surface area contributed by atoms with Gasteiger partial charge in [-0.2, -0.15) is 0 Å². The minimum Gasteiger partial charge on any atom is -0.481 e. The monoisotopic (exact) mass is 203 g/mol. The van der Waals surface area contributed by atoms with Crippen LogP contribution in [0.4, 0.5) is 0 Å². The highest BCUT2D eigenvalue weighted by atomic mass is 16.4. The molecule has 0 heterocycles. The second-order valence-electron chi connectivity index (χ2n) is 3.17. The molecule has 0 fully saturated rings. The van der Waals surface area contributed by atoms with Crippen molar-refractivity contribution in [2.24, 2.45) is 0 Å². The van der Waals surface area contributed by atoms with E-state index in [1.54, 1.807) is 7.05 Å². The fourth-order valence-electron chi connectivity index (χ4n) is 1.03. The number of hydrogen-bond donors (Lipinski definition) is 2. The molecule has 0 aromatic heterocycles. The molecule has 0 unspecified atom stereocenters. The third-order valence-electron chi connectivity index (χ3n) is 1.88. The van der Waals surface area contributed by atoms with Crippen molar-refractivity contribution >= 4 is 11.9 Å². The number of aliphatic hydroxyl groups is 1. The summed E-state index contributed by atoms with van der Waals surface area (Å²) in [6.07, 6.45) is 1.92. The van der Waals surface area contributed by atoms with Crippen LogP contribution in [0.3, 0.4) is 0 Å². The number of carbonyl (C=O) groups is 2. The van der Waals surface area contributed by atoms with Gasteiger partial charge in [0.05, 0.1) is 0 Å². The van der Waals surface area contributed by atoms with Gasteiger partial charge in [-0.25, -0.2) is 0 Å². The van der Waals surface area contributed by atoms with Crippen LogP contribution in [0, 0.1) is 0 Å². The van der Waals surface area contributed by atoms with E-state index in [0.717, 1.165) is 19.3 Å². The molecule has 5 nitrogen and oxygen atoms in total. The number of aliphatic hydroxyl groups excluding tert-OH is 1. The lowest BCUT2D eigenvalue weighted by molar-refractivity contribution is -0.143. The summed E-state index contributed by atoms with van der Waals surface area (Å²) < 4.78 is 0. The van der Waals surface area contributed by atoms with Crippen LogP contribution >= 0.6 is 0 Å². The Kier molecular flexibility index (Phi) is 6.74. The van der Waals surface area contributed by atoms with E-state index in [4.69, 9.17) is 10.2 Å². The van der Waals surface area contributed by atoms with Crippen molar-refractivity contribution in [3.8, 4) is 0 Å². The zero-order valence-corrected chi connectivity index (χ0v) is 8.40. The maximum absolute atomic E-state index is 11.1. The first-order valence-corrected chi connectivity index (χ1v) is 4.64. The fourth-order valence-corrected chi connectivity index (χ4v) is 1.03. The summed E-state index contributed by atoms with van der Waals surface area (Å²) in [6, 6.07) is 0. The second-order valence-corrected chi connectivity index (χ2v) is 3.17. The summed E-state index contributed by atoms with van der Waals surface area (Å²) in [5.74, 6) is -1.47. The van der Waals surface area contributed by atoms with Crippen LogP contribution < -0.4 is 0 Å². The van der Waals surface area contributed by atoms with Crippen molar-refractivity contribution < 1.29 is 19.8 Å². The lowest BCUT2D eigenvalue weighted by Crippen LogP contribution is -2.29. The van der Waals surface area contributed by atoms with Gasteiger partial charge in [0.2, 0.25) is 5.91 Å². The van der Waals surface area contributed by atoms with E-state index in [2.05, 4.69) is 0 Å². The molecule has 0 radical (unpaired) electrons. The minimum absolute atomic E-state index is 0.160. The summed E-state index contributed by atoms with van der Waals surface area (Å²) in [5.41, 5.74) is 0. The molecule has 82 valence electrons. The van der Waals surface area contributed by atoms with Gasteiger partial charge in [-0.15, -0.1) is 0 Å². The molecule has 0 atom stereocenters. The Labute approximate surface area is 83.3 Å². The first kappa shape index (κ1) is 12.9. The number of nitrogens with zero attached hydrogens (tertiary/aromatic N) is 1. The van der Waals surface area contributed by atoms with Gasteiger partial charge in [-0.3, -0.25) is 9.59 Å². The molecule has 14 heavy (non-hydrogen) atoms. The number of rotatable bonds is 7. The highest BCUT2D eigenvalue weighted by Crippen LogP contribution is 1.98. The topological polar surface area (TPSA) is 77.8 Å². The molecule has 0 aliphatic rings. The first-order chi connectivity index (χ1) is 6.57. The average Bonchev–Trinajstić information content (AvgIpc) is 2.11. The Morgan fingerprint density at radius 3 is 2.36 bits per heavy atom. The quantitative estimate of drug-likeness (QED) is 0.454. The van der Waals surface area contributed by atoms with Gasteiger partial charge in [-0.05, 0) is 19.3 Å². The van der Waals surface area contributed by atoms with Crippen molar-refractivity contribution in [1.29, 1.82) is 0 Å². The molecule has 0 spiro atoms. The molecule has 0 saturated carbocycles. The van der Waals surface area contributed by atoms with Gasteiger partial charge in [-0.1, -0.05) is 0 Å². The van der Waals surface area contributed by atoms with Gasteiger partial charge >= 0.3 is 5.97 Å². The van der Waals surface area contributed by atoms with Crippen LogP contribution in [0.25, 0.3) is 0 Å². The van der Waals surface area contributed by atoms with Crippen LogP contribution in [-0.4, -0.2) is 47.2 Å². The summed E-state index contributed by atoms with van der Waals surface area (Å²) in [4.78, 5) is 22.7. The number of carboxylic acids is 1. The molecule has 0 saturated heterocycles. The lowest BCUT2D eigenvalue weighted by Gasteiger charge is -2.15. The number of amides is 1. The summed E-state index contributed by atoms with van der Waals surface area (Å²) in [5, 5.41) is 16.9. The Morgan fingerprint density at radius 1 is 1.21 bits per heavy atom. The van der Waals surface area contributed by atoms with E-state index in [1.165, 1.54) is 4.90 Å². The van der Waals surface area contributed by atoms with E-state index >= 15 is 0 Å². The standard InChI is InChI=1S/C9H17NO4/c1-10(5-3-2-4-6-11)8(12)7-9(13)14/h11H,2-7H2,1H3,(H,13,14). The number of carboxylic acid groups (broad SMARTS) is 1. The fraction of sp³-hybridized carbons (Fsp3) is 0.778. The Bertz CT molecular complexity index is 193. The zero-order chi connectivity index (χ0) is 11.0. The zero-order valence-electron chi connectivity index (χ0n) is 8.40. The lowest BCUT2D eigenvalue weighted by atomic mass is 10.2. The summed E-state index contributed by atoms with van der Waals surface area (Å²) in [6.45, 7) is 0.707. The summed E-state index contributed by atoms with van der Waals surface area (Å²) in [7, 11) is 1.59. The minimum atomic E-state index is -1.10. The van der Waals surface area contributed by atoms with Crippen LogP contribution in [0.1, 0.15) is 25.7 Å². The van der Waals surface area contributed by atoms with E-state index in [1.807, 2.05) is 0 Å². The molecule has 0 aliphatic carbocycles. The molecule has 0 aliphatic heterocycles. The summed E-state index contributed by atoms with van der Waals surface area (Å²) >= 11 is 0. The normalized spacial score (nSPS) is 9.86. The van der Waals surface area contributed by atoms with Gasteiger partial charge in [0.25, 0.3) is 0 Å². The first-order valence-electron chi connectivity index (χ1n) is 4.64. The molecule has 0 bridgehead atoms. The Hall–Kier alpha value is -1.10. The molecule has 2 N–H and O–H groups in total. The number of unbranched alkanes of at least 4 members (excludes halogenated alkanes) is 2. The highest BCUT2D eigenvalue weighted by Gasteiger charge is 2.11. The van der Waals surface area contributed by atoms with E-state index in [-0.39, 0.29) is 12.5 Å². The van der Waals surface area contributed by atoms with Crippen molar-refractivity contribution in [2.75, 3.05) is 20.2 Å². The molecule has 0 rings (SSSR count). The molecular formula is C9H17NO4. The Morgan fingerprint density at radius 2 is 1.86 bits per heavy atom. The van der Waals surface area contributed by atoms with Gasteiger partial charge in [0, 0.05) is 20.2 Å². The largest absolute Gasteiger partial charge is 0.481 e. The second kappa shape index (κ2) is 7.32. The maximum atomic E-state index is 11.1. The van der Waals surface area contributed by atoms with Gasteiger partial charge < -0.3 is 15.1 Å². The average molecular weight is 203 g/mol. The van der Waals surface area contributed by atoms with Gasteiger partial charge in [0.1, 0.15) is 6.42 Å². The van der Waals surface area contributed by atoms with E-state index in [9.17, 15) is 9.59 Å². The predicted molar refractivity (Wildman–Crippen MR) is 50.8 cm³/mol. The maximum Gasteiger partial charge on any atom is 0.312 e. The number of aliphatic carboxylic acids is 1. The van der Waals surface area contributed by atoms with Gasteiger partial charge in [0.15, 0.2) is 0 Å². The van der Waals surface area contributed by atoms with Crippen LogP contribution in [0.15, 0.2) is 0 Å². The molecule has 5 heteroatoms. The predicted octanol–water partition coefficient (Wildman–Crippen LogP) is 0.0821. The van der Waals surface area contributed by atoms with Crippen molar-refractivity contribution in [3.05, 3.63) is 0 Å². The Balaban J connectivity index is 3.57. The molecule has 0 aromatic carbocycles. The smallest absolute Gasteiger partial charge is 0.312 e. The highest BCUT2D eigenvalue weighted by molar-refractivity contribution is 5.93. The number of carbonyl (C=O) groups excluding carboxylic acids is 1. The van der Waals surface area contributed by atoms with Crippen LogP contribution in [-0.2, 0) is 9.59 Å². The SMILES string of the molecule is CN(CCCCCO)C(=O)CC(=O)O. The molecule has 0 aromatic rings. The third-order valence-corrected chi connectivity index (χ3v) is 1.88. The number of hydrogen-bond acceptors (Lipinski definition) is 3. The van der Waals surface area contributed by atoms with Crippen molar-refractivity contribution in [2.45, 2.75) is 25.7 Å².